The number of carboxylic acid groups (broad SMARTS) is 1. The molecule has 2 aromatic heterocycles. The van der Waals surface area contributed by atoms with E-state index in [2.05, 4.69) is 21.3 Å². The predicted octanol–water partition coefficient (Wildman–Crippen LogP) is 1.38. The van der Waals surface area contributed by atoms with Gasteiger partial charge in [-0.05, 0) is 67.3 Å². The van der Waals surface area contributed by atoms with E-state index in [1.54, 1.807) is 50.2 Å². The number of aliphatic hydroxyl groups is 1. The van der Waals surface area contributed by atoms with Crippen LogP contribution in [0.2, 0.25) is 0 Å². The smallest absolute Gasteiger partial charge is 0.343 e. The molecule has 6 N–H and O–H groups in total. The molecule has 0 bridgehead atoms. The van der Waals surface area contributed by atoms with Crippen LogP contribution in [-0.2, 0) is 84.3 Å². The molecule has 3 atom stereocenters. The molecule has 1 aliphatic carbocycles. The Balaban J connectivity index is 0.816. The van der Waals surface area contributed by atoms with Crippen molar-refractivity contribution in [1.82, 2.24) is 40.6 Å². The van der Waals surface area contributed by atoms with Crippen LogP contribution in [0.3, 0.4) is 0 Å². The summed E-state index contributed by atoms with van der Waals surface area (Å²) in [6.45, 7) is 1.38. The van der Waals surface area contributed by atoms with Crippen LogP contribution >= 0.6 is 0 Å². The zero-order valence-electron chi connectivity index (χ0n) is 43.0. The van der Waals surface area contributed by atoms with E-state index in [1.807, 2.05) is 0 Å². The Bertz CT molecular complexity index is 3230. The highest BCUT2D eigenvalue weighted by Gasteiger charge is 2.46. The number of Topliss-reactive ketones (excluding diaryl/α,β-unsaturated/α-hetero) is 2. The number of cyclic esters (lactones) is 1. The number of aliphatic carboxylic acids is 1. The van der Waals surface area contributed by atoms with Gasteiger partial charge in [-0.15, -0.1) is 0 Å². The van der Waals surface area contributed by atoms with Gasteiger partial charge in [0.25, 0.3) is 17.4 Å². The Kier molecular flexibility index (Phi) is 17.2. The van der Waals surface area contributed by atoms with Gasteiger partial charge in [0.2, 0.25) is 23.6 Å². The van der Waals surface area contributed by atoms with Gasteiger partial charge in [0.1, 0.15) is 12.4 Å². The maximum atomic E-state index is 15.4. The van der Waals surface area contributed by atoms with E-state index in [9.17, 15) is 63.0 Å². The summed E-state index contributed by atoms with van der Waals surface area (Å²) in [6, 6.07) is 10.1. The van der Waals surface area contributed by atoms with Gasteiger partial charge in [0, 0.05) is 86.5 Å². The Morgan fingerprint density at radius 3 is 2.33 bits per heavy atom. The van der Waals surface area contributed by atoms with E-state index in [0.29, 0.717) is 51.8 Å². The molecule has 0 unspecified atom stereocenters. The van der Waals surface area contributed by atoms with E-state index in [-0.39, 0.29) is 101 Å². The number of benzene rings is 2. The number of aromatic nitrogens is 2. The molecule has 0 saturated carbocycles. The number of aryl methyl sites for hydroxylation is 1. The van der Waals surface area contributed by atoms with Crippen LogP contribution in [0.4, 0.5) is 4.39 Å². The van der Waals surface area contributed by atoms with Gasteiger partial charge in [-0.25, -0.2) is 14.2 Å². The van der Waals surface area contributed by atoms with Gasteiger partial charge in [-0.3, -0.25) is 57.7 Å². The molecule has 0 radical (unpaired) electrons. The van der Waals surface area contributed by atoms with E-state index >= 15 is 4.39 Å². The Morgan fingerprint density at radius 2 is 1.62 bits per heavy atom. The Labute approximate surface area is 445 Å². The minimum absolute atomic E-state index is 0.00817. The fourth-order valence-electron chi connectivity index (χ4n) is 10.4. The van der Waals surface area contributed by atoms with Gasteiger partial charge in [0.05, 0.1) is 60.7 Å². The highest BCUT2D eigenvalue weighted by atomic mass is 19.1. The molecule has 5 heterocycles. The summed E-state index contributed by atoms with van der Waals surface area (Å²) in [5.41, 5.74) is 2.12. The summed E-state index contributed by atoms with van der Waals surface area (Å²) in [5.74, 6) is -6.79. The van der Waals surface area contributed by atoms with Crippen LogP contribution in [0.15, 0.2) is 59.4 Å². The highest BCUT2D eigenvalue weighted by molar-refractivity contribution is 6.13. The number of amides is 6. The number of esters is 1. The third kappa shape index (κ3) is 12.3. The molecule has 0 spiro atoms. The van der Waals surface area contributed by atoms with E-state index < -0.39 is 102 Å². The van der Waals surface area contributed by atoms with Crippen LogP contribution in [0.1, 0.15) is 103 Å². The van der Waals surface area contributed by atoms with Crippen molar-refractivity contribution in [3.8, 4) is 11.4 Å². The molecule has 2 aromatic carbocycles. The molecule has 8 rings (SSSR count). The van der Waals surface area contributed by atoms with Crippen LogP contribution < -0.4 is 26.8 Å². The first kappa shape index (κ1) is 55.9. The number of ketones is 2. The molecule has 22 nitrogen and oxygen atoms in total. The molecule has 0 fully saturated rings. The Hall–Kier alpha value is -8.31. The third-order valence-electron chi connectivity index (χ3n) is 14.6. The minimum Gasteiger partial charge on any atom is -0.480 e. The normalized spacial score (nSPS) is 17.3. The largest absolute Gasteiger partial charge is 0.480 e. The van der Waals surface area contributed by atoms with E-state index in [4.69, 9.17) is 9.72 Å². The lowest BCUT2D eigenvalue weighted by Crippen LogP contribution is -2.45. The molecule has 0 saturated heterocycles. The van der Waals surface area contributed by atoms with Crippen LogP contribution in [0.5, 0.6) is 0 Å². The number of hydrogen-bond acceptors (Lipinski definition) is 15. The summed E-state index contributed by atoms with van der Waals surface area (Å²) >= 11 is 0. The SMILES string of the molecule is CC[C@@]1(O)C(=O)OCc2c1cc1n(c2=O)Cc2c-1nc1cc(F)c(C)c3c1c2[C@@H](NC(=O)CCCNC(=O)CCC(=O)[C@H](Cc1ccccc1)NC(=O)CCC(=O)CNC(=O)CN(CCN1C(=O)C=CC1=O)CC(=O)O)CC3. The molecular weight excluding hydrogens is 1020 g/mol. The average molecular weight is 1080 g/mol. The number of carbonyl (C=O) groups excluding carboxylic acids is 9. The zero-order valence-corrected chi connectivity index (χ0v) is 43.0. The van der Waals surface area contributed by atoms with Crippen LogP contribution in [0.25, 0.3) is 22.3 Å². The van der Waals surface area contributed by atoms with Crippen molar-refractivity contribution in [3.05, 3.63) is 110 Å². The molecule has 410 valence electrons. The lowest BCUT2D eigenvalue weighted by molar-refractivity contribution is -0.172. The average Bonchev–Trinajstić information content (AvgIpc) is 4.09. The number of rotatable bonds is 25. The maximum absolute atomic E-state index is 15.4. The van der Waals surface area contributed by atoms with Gasteiger partial charge in [-0.2, -0.15) is 0 Å². The molecule has 23 heteroatoms. The zero-order chi connectivity index (χ0) is 56.0. The number of imide groups is 1. The molecule has 4 aromatic rings. The fraction of sp³-hybridized carbons (Fsp3) is 0.418. The fourth-order valence-corrected chi connectivity index (χ4v) is 10.4. The van der Waals surface area contributed by atoms with Crippen molar-refractivity contribution < 1.29 is 67.3 Å². The first-order valence-electron chi connectivity index (χ1n) is 25.8. The van der Waals surface area contributed by atoms with Crippen molar-refractivity contribution >= 4 is 69.9 Å². The summed E-state index contributed by atoms with van der Waals surface area (Å²) < 4.78 is 22.1. The second-order valence-corrected chi connectivity index (χ2v) is 19.8. The molecule has 6 amide bonds. The number of nitrogens with one attached hydrogen (secondary N) is 4. The van der Waals surface area contributed by atoms with Crippen LogP contribution in [-0.4, -0.2) is 134 Å². The highest BCUT2D eigenvalue weighted by Crippen LogP contribution is 2.46. The number of halogens is 1. The number of ether oxygens (including phenoxy) is 1. The second kappa shape index (κ2) is 23.9. The molecule has 4 aliphatic rings. The van der Waals surface area contributed by atoms with E-state index in [0.717, 1.165) is 28.2 Å². The first-order valence-corrected chi connectivity index (χ1v) is 25.8. The van der Waals surface area contributed by atoms with Gasteiger partial charge >= 0.3 is 11.9 Å². The van der Waals surface area contributed by atoms with Crippen molar-refractivity contribution in [1.29, 1.82) is 0 Å². The Morgan fingerprint density at radius 1 is 0.885 bits per heavy atom. The van der Waals surface area contributed by atoms with Crippen LogP contribution in [0, 0.1) is 12.7 Å². The summed E-state index contributed by atoms with van der Waals surface area (Å²) in [7, 11) is 0. The monoisotopic (exact) mass is 1070 g/mol. The predicted molar refractivity (Wildman–Crippen MR) is 274 cm³/mol. The summed E-state index contributed by atoms with van der Waals surface area (Å²) in [6.07, 6.45) is 2.21. The number of hydrogen-bond donors (Lipinski definition) is 6. The van der Waals surface area contributed by atoms with Gasteiger partial charge in [-0.1, -0.05) is 37.3 Å². The first-order chi connectivity index (χ1) is 37.3. The summed E-state index contributed by atoms with van der Waals surface area (Å²) in [4.78, 5) is 147. The van der Waals surface area contributed by atoms with Gasteiger partial charge in [0.15, 0.2) is 17.2 Å². The van der Waals surface area contributed by atoms with Gasteiger partial charge < -0.3 is 40.8 Å². The molecular formula is C55H59FN8O14. The molecule has 78 heavy (non-hydrogen) atoms. The maximum Gasteiger partial charge on any atom is 0.343 e. The van der Waals surface area contributed by atoms with Crippen molar-refractivity contribution in [2.75, 3.05) is 39.3 Å². The topological polar surface area (TPSA) is 310 Å². The molecule has 3 aliphatic heterocycles. The van der Waals surface area contributed by atoms with E-state index in [1.165, 1.54) is 15.5 Å². The number of nitrogens with zero attached hydrogens (tertiary/aromatic N) is 4. The number of carbonyl (C=O) groups is 10. The lowest BCUT2D eigenvalue weighted by Gasteiger charge is -2.31. The number of fused-ring (bicyclic) bond motifs is 5. The van der Waals surface area contributed by atoms with Crippen molar-refractivity contribution in [2.24, 2.45) is 0 Å². The quantitative estimate of drug-likeness (QED) is 0.0273. The minimum atomic E-state index is -2.05. The number of pyridine rings is 2. The third-order valence-corrected chi connectivity index (χ3v) is 14.6. The number of carboxylic acids is 1. The lowest BCUT2D eigenvalue weighted by atomic mass is 9.81. The standard InChI is InChI=1S/C55H59FN8O14/c1-3-55(77)36-23-41-52-34(26-64(41)53(75)35(36)29-78-54(55)76)51-38(13-12-33-30(2)37(56)24-40(61-52)50(33)51)59-44(68)10-7-19-57-43(67)16-14-42(66)39(22-31-8-5-4-6-9-31)60-45(69)15-11-32(65)25-58-46(70)27-62(28-49(73)74)20-21-63-47(71)17-18-48(63)72/h4-6,8-9,17-18,23-24,38-39,77H,3,7,10-16,19-22,25-29H2,1-2H3,(H,57,67)(H,58,70)(H,59,68)(H,60,69)(H,73,74)/t38-,39-,55-/m0/s1. The summed E-state index contributed by atoms with van der Waals surface area (Å²) in [5, 5.41) is 32.2. The van der Waals surface area contributed by atoms with Crippen molar-refractivity contribution in [2.45, 2.75) is 109 Å². The van der Waals surface area contributed by atoms with Crippen molar-refractivity contribution in [3.63, 3.8) is 0 Å². The second-order valence-electron chi connectivity index (χ2n) is 19.8.